The largest absolute Gasteiger partial charge is 0.468 e. The molecule has 0 atom stereocenters. The Hall–Kier alpha value is -1.41. The second-order valence-corrected chi connectivity index (χ2v) is 5.96. The highest BCUT2D eigenvalue weighted by Crippen LogP contribution is 2.19. The van der Waals surface area contributed by atoms with Gasteiger partial charge in [-0.05, 0) is 12.8 Å². The zero-order chi connectivity index (χ0) is 13.2. The van der Waals surface area contributed by atoms with Gasteiger partial charge in [0.15, 0.2) is 5.03 Å². The van der Waals surface area contributed by atoms with Gasteiger partial charge in [-0.1, -0.05) is 0 Å². The Morgan fingerprint density at radius 2 is 2.11 bits per heavy atom. The fraction of sp³-hybridized carbons (Fsp3) is 0.600. The number of esters is 1. The molecule has 7 nitrogen and oxygen atoms in total. The van der Waals surface area contributed by atoms with Crippen molar-refractivity contribution in [2.75, 3.05) is 20.2 Å². The standard InChI is InChI=1S/C10H15N3O4S/c1-17-10(14)7-12-6-9(11-8-12)18(15,16)13-4-2-3-5-13/h6,8H,2-5,7H2,1H3. The van der Waals surface area contributed by atoms with Gasteiger partial charge in [0.25, 0.3) is 10.0 Å². The SMILES string of the molecule is COC(=O)Cn1cnc(S(=O)(=O)N2CCCC2)c1. The Morgan fingerprint density at radius 3 is 2.72 bits per heavy atom. The van der Waals surface area contributed by atoms with Crippen LogP contribution < -0.4 is 0 Å². The molecule has 0 radical (unpaired) electrons. The van der Waals surface area contributed by atoms with Crippen molar-refractivity contribution in [1.29, 1.82) is 0 Å². The number of imidazole rings is 1. The van der Waals surface area contributed by atoms with Crippen LogP contribution in [0.4, 0.5) is 0 Å². The van der Waals surface area contributed by atoms with Crippen LogP contribution in [0, 0.1) is 0 Å². The van der Waals surface area contributed by atoms with Crippen molar-refractivity contribution in [3.63, 3.8) is 0 Å². The first kappa shape index (κ1) is 13.0. The lowest BCUT2D eigenvalue weighted by Crippen LogP contribution is -2.28. The fourth-order valence-electron chi connectivity index (χ4n) is 1.83. The molecular formula is C10H15N3O4S. The maximum absolute atomic E-state index is 12.1. The van der Waals surface area contributed by atoms with Crippen molar-refractivity contribution in [2.45, 2.75) is 24.4 Å². The Balaban J connectivity index is 2.16. The van der Waals surface area contributed by atoms with Crippen LogP contribution >= 0.6 is 0 Å². The quantitative estimate of drug-likeness (QED) is 0.712. The number of aromatic nitrogens is 2. The first-order chi connectivity index (χ1) is 8.54. The molecule has 2 heterocycles. The van der Waals surface area contributed by atoms with E-state index in [4.69, 9.17) is 0 Å². The van der Waals surface area contributed by atoms with E-state index >= 15 is 0 Å². The third-order valence-corrected chi connectivity index (χ3v) is 4.60. The lowest BCUT2D eigenvalue weighted by molar-refractivity contribution is -0.141. The number of nitrogens with zero attached hydrogens (tertiary/aromatic N) is 3. The molecule has 0 aliphatic carbocycles. The van der Waals surface area contributed by atoms with Crippen molar-refractivity contribution < 1.29 is 17.9 Å². The van der Waals surface area contributed by atoms with Gasteiger partial charge >= 0.3 is 5.97 Å². The lowest BCUT2D eigenvalue weighted by Gasteiger charge is -2.12. The van der Waals surface area contributed by atoms with Crippen LogP contribution in [0.2, 0.25) is 0 Å². The van der Waals surface area contributed by atoms with Crippen molar-refractivity contribution in [2.24, 2.45) is 0 Å². The molecule has 2 rings (SSSR count). The maximum Gasteiger partial charge on any atom is 0.325 e. The van der Waals surface area contributed by atoms with Crippen LogP contribution in [0.3, 0.4) is 0 Å². The topological polar surface area (TPSA) is 81.5 Å². The zero-order valence-corrected chi connectivity index (χ0v) is 10.9. The predicted molar refractivity (Wildman–Crippen MR) is 62.2 cm³/mol. The molecule has 1 saturated heterocycles. The molecule has 8 heteroatoms. The average Bonchev–Trinajstić information content (AvgIpc) is 2.99. The number of rotatable bonds is 4. The third-order valence-electron chi connectivity index (χ3n) is 2.82. The van der Waals surface area contributed by atoms with Crippen LogP contribution in [0.5, 0.6) is 0 Å². The Morgan fingerprint density at radius 1 is 1.44 bits per heavy atom. The van der Waals surface area contributed by atoms with E-state index in [0.29, 0.717) is 13.1 Å². The highest BCUT2D eigenvalue weighted by molar-refractivity contribution is 7.89. The summed E-state index contributed by atoms with van der Waals surface area (Å²) in [4.78, 5) is 14.9. The molecule has 1 aliphatic heterocycles. The van der Waals surface area contributed by atoms with E-state index in [2.05, 4.69) is 9.72 Å². The van der Waals surface area contributed by atoms with Crippen LogP contribution in [-0.2, 0) is 26.1 Å². The normalized spacial score (nSPS) is 16.9. The van der Waals surface area contributed by atoms with Gasteiger partial charge in [-0.25, -0.2) is 13.4 Å². The van der Waals surface area contributed by atoms with Gasteiger partial charge < -0.3 is 9.30 Å². The summed E-state index contributed by atoms with van der Waals surface area (Å²) in [5, 5.41) is -0.0201. The van der Waals surface area contributed by atoms with E-state index in [0.717, 1.165) is 12.8 Å². The van der Waals surface area contributed by atoms with Gasteiger partial charge in [-0.15, -0.1) is 0 Å². The number of hydrogen-bond acceptors (Lipinski definition) is 5. The van der Waals surface area contributed by atoms with Crippen LogP contribution in [0.25, 0.3) is 0 Å². The van der Waals surface area contributed by atoms with Gasteiger partial charge in [-0.3, -0.25) is 4.79 Å². The number of sulfonamides is 1. The maximum atomic E-state index is 12.1. The molecule has 100 valence electrons. The fourth-order valence-corrected chi connectivity index (χ4v) is 3.29. The minimum Gasteiger partial charge on any atom is -0.468 e. The van der Waals surface area contributed by atoms with Gasteiger partial charge in [0, 0.05) is 19.3 Å². The molecule has 1 aromatic rings. The second-order valence-electron chi connectivity index (χ2n) is 4.07. The van der Waals surface area contributed by atoms with Gasteiger partial charge in [-0.2, -0.15) is 4.31 Å². The van der Waals surface area contributed by atoms with Crippen LogP contribution in [0.15, 0.2) is 17.6 Å². The Labute approximate surface area is 105 Å². The van der Waals surface area contributed by atoms with E-state index in [1.54, 1.807) is 0 Å². The second kappa shape index (κ2) is 5.07. The lowest BCUT2D eigenvalue weighted by atomic mass is 10.4. The summed E-state index contributed by atoms with van der Waals surface area (Å²) in [5.41, 5.74) is 0. The first-order valence-corrected chi connectivity index (χ1v) is 7.07. The number of carbonyl (C=O) groups excluding carboxylic acids is 1. The molecule has 0 unspecified atom stereocenters. The third kappa shape index (κ3) is 2.54. The molecule has 0 bridgehead atoms. The first-order valence-electron chi connectivity index (χ1n) is 5.63. The van der Waals surface area contributed by atoms with Crippen LogP contribution in [0.1, 0.15) is 12.8 Å². The monoisotopic (exact) mass is 273 g/mol. The Kier molecular flexibility index (Phi) is 3.67. The van der Waals surface area contributed by atoms with Gasteiger partial charge in [0.05, 0.1) is 13.4 Å². The summed E-state index contributed by atoms with van der Waals surface area (Å²) < 4.78 is 31.6. The van der Waals surface area contributed by atoms with E-state index in [-0.39, 0.29) is 11.6 Å². The molecule has 0 aromatic carbocycles. The molecule has 18 heavy (non-hydrogen) atoms. The molecule has 0 N–H and O–H groups in total. The number of ether oxygens (including phenoxy) is 1. The molecule has 1 aliphatic rings. The minimum atomic E-state index is -3.51. The van der Waals surface area contributed by atoms with E-state index in [1.807, 2.05) is 0 Å². The van der Waals surface area contributed by atoms with E-state index in [1.165, 1.54) is 28.5 Å². The molecule has 1 fully saturated rings. The molecule has 0 amide bonds. The van der Waals surface area contributed by atoms with E-state index < -0.39 is 16.0 Å². The number of carbonyl (C=O) groups is 1. The van der Waals surface area contributed by atoms with Crippen molar-refractivity contribution in [1.82, 2.24) is 13.9 Å². The van der Waals surface area contributed by atoms with Crippen LogP contribution in [-0.4, -0.2) is 48.4 Å². The summed E-state index contributed by atoms with van der Waals surface area (Å²) in [5.74, 6) is -0.447. The van der Waals surface area contributed by atoms with Crippen molar-refractivity contribution >= 4 is 16.0 Å². The summed E-state index contributed by atoms with van der Waals surface area (Å²) in [6, 6.07) is 0. The predicted octanol–water partition coefficient (Wildman–Crippen LogP) is -0.159. The summed E-state index contributed by atoms with van der Waals surface area (Å²) in [7, 11) is -2.23. The Bertz CT molecular complexity index is 531. The summed E-state index contributed by atoms with van der Waals surface area (Å²) >= 11 is 0. The number of methoxy groups -OCH3 is 1. The average molecular weight is 273 g/mol. The zero-order valence-electron chi connectivity index (χ0n) is 10.1. The summed E-state index contributed by atoms with van der Waals surface area (Å²) in [6.45, 7) is 1.03. The molecule has 0 saturated carbocycles. The van der Waals surface area contributed by atoms with Crippen molar-refractivity contribution in [3.05, 3.63) is 12.5 Å². The molecular weight excluding hydrogens is 258 g/mol. The molecule has 1 aromatic heterocycles. The molecule has 0 spiro atoms. The highest BCUT2D eigenvalue weighted by atomic mass is 32.2. The van der Waals surface area contributed by atoms with Gasteiger partial charge in [0.2, 0.25) is 0 Å². The smallest absolute Gasteiger partial charge is 0.325 e. The summed E-state index contributed by atoms with van der Waals surface area (Å²) in [6.07, 6.45) is 4.43. The van der Waals surface area contributed by atoms with Gasteiger partial charge in [0.1, 0.15) is 6.54 Å². The minimum absolute atomic E-state index is 0.0201. The number of hydrogen-bond donors (Lipinski definition) is 0. The highest BCUT2D eigenvalue weighted by Gasteiger charge is 2.29. The van der Waals surface area contributed by atoms with E-state index in [9.17, 15) is 13.2 Å². The van der Waals surface area contributed by atoms with Crippen molar-refractivity contribution in [3.8, 4) is 0 Å².